The van der Waals surface area contributed by atoms with Crippen molar-refractivity contribution in [2.75, 3.05) is 0 Å². The third-order valence-electron chi connectivity index (χ3n) is 4.53. The van der Waals surface area contributed by atoms with Gasteiger partial charge in [0, 0.05) is 24.7 Å². The molecule has 7 nitrogen and oxygen atoms in total. The quantitative estimate of drug-likeness (QED) is 0.493. The predicted octanol–water partition coefficient (Wildman–Crippen LogP) is 3.29. The summed E-state index contributed by atoms with van der Waals surface area (Å²) in [7, 11) is 1.89. The third kappa shape index (κ3) is 2.38. The van der Waals surface area contributed by atoms with E-state index in [-0.39, 0.29) is 5.92 Å². The van der Waals surface area contributed by atoms with Gasteiger partial charge in [-0.05, 0) is 29.8 Å². The topological polar surface area (TPSA) is 73.8 Å². The van der Waals surface area contributed by atoms with Gasteiger partial charge in [0.05, 0.1) is 27.6 Å². The van der Waals surface area contributed by atoms with Gasteiger partial charge in [-0.3, -0.25) is 4.68 Å². The smallest absolute Gasteiger partial charge is 0.177 e. The molecule has 0 aliphatic heterocycles. The lowest BCUT2D eigenvalue weighted by atomic mass is 10.0. The average molecular weight is 361 g/mol. The SMILES string of the molecule is CC(c1ccc2ncsc2c1)c1nnc2ccc(-c3cnn(C)c3)nn12. The summed E-state index contributed by atoms with van der Waals surface area (Å²) in [6.45, 7) is 2.12. The number of nitrogens with zero attached hydrogens (tertiary/aromatic N) is 7. The van der Waals surface area contributed by atoms with E-state index in [1.54, 1.807) is 22.2 Å². The predicted molar refractivity (Wildman–Crippen MR) is 100 cm³/mol. The molecule has 0 fully saturated rings. The molecule has 5 aromatic rings. The second kappa shape index (κ2) is 5.70. The Bertz CT molecular complexity index is 1230. The summed E-state index contributed by atoms with van der Waals surface area (Å²) in [6.07, 6.45) is 3.75. The molecule has 1 aromatic carbocycles. The number of fused-ring (bicyclic) bond motifs is 2. The molecule has 4 heterocycles. The molecule has 128 valence electrons. The van der Waals surface area contributed by atoms with Crippen LogP contribution in [0.4, 0.5) is 0 Å². The van der Waals surface area contributed by atoms with Gasteiger partial charge in [0.15, 0.2) is 11.5 Å². The first-order chi connectivity index (χ1) is 12.7. The minimum atomic E-state index is 0.0631. The summed E-state index contributed by atoms with van der Waals surface area (Å²) in [5.74, 6) is 0.878. The Kier molecular flexibility index (Phi) is 3.32. The summed E-state index contributed by atoms with van der Waals surface area (Å²) < 4.78 is 4.76. The van der Waals surface area contributed by atoms with Gasteiger partial charge < -0.3 is 0 Å². The molecule has 1 unspecified atom stereocenters. The van der Waals surface area contributed by atoms with Crippen LogP contribution in [0.5, 0.6) is 0 Å². The van der Waals surface area contributed by atoms with E-state index in [0.717, 1.165) is 28.2 Å². The normalized spacial score (nSPS) is 12.8. The van der Waals surface area contributed by atoms with Crippen LogP contribution in [0.15, 0.2) is 48.2 Å². The summed E-state index contributed by atoms with van der Waals surface area (Å²) in [6, 6.07) is 10.2. The lowest BCUT2D eigenvalue weighted by Crippen LogP contribution is -2.05. The van der Waals surface area contributed by atoms with Crippen LogP contribution in [0, 0.1) is 0 Å². The lowest BCUT2D eigenvalue weighted by Gasteiger charge is -2.10. The molecule has 0 amide bonds. The number of rotatable bonds is 3. The van der Waals surface area contributed by atoms with Crippen LogP contribution in [0.1, 0.15) is 24.2 Å². The Morgan fingerprint density at radius 1 is 1.12 bits per heavy atom. The van der Waals surface area contributed by atoms with Crippen LogP contribution in [0.25, 0.3) is 27.1 Å². The van der Waals surface area contributed by atoms with E-state index in [9.17, 15) is 0 Å². The summed E-state index contributed by atoms with van der Waals surface area (Å²) in [4.78, 5) is 4.34. The highest BCUT2D eigenvalue weighted by Gasteiger charge is 2.18. The molecule has 0 aliphatic rings. The first-order valence-electron chi connectivity index (χ1n) is 8.23. The van der Waals surface area contributed by atoms with E-state index in [2.05, 4.69) is 45.4 Å². The number of hydrogen-bond donors (Lipinski definition) is 0. The van der Waals surface area contributed by atoms with E-state index in [1.807, 2.05) is 35.4 Å². The molecule has 0 radical (unpaired) electrons. The molecule has 0 spiro atoms. The first-order valence-corrected chi connectivity index (χ1v) is 9.11. The fourth-order valence-electron chi connectivity index (χ4n) is 3.07. The molecule has 0 N–H and O–H groups in total. The van der Waals surface area contributed by atoms with Crippen molar-refractivity contribution >= 4 is 27.2 Å². The first kappa shape index (κ1) is 15.2. The Morgan fingerprint density at radius 3 is 2.88 bits per heavy atom. The molecule has 1 atom stereocenters. The molecular weight excluding hydrogens is 346 g/mol. The molecule has 0 saturated carbocycles. The second-order valence-corrected chi connectivity index (χ2v) is 7.14. The van der Waals surface area contributed by atoms with Crippen LogP contribution in [0.2, 0.25) is 0 Å². The minimum absolute atomic E-state index is 0.0631. The highest BCUT2D eigenvalue weighted by molar-refractivity contribution is 7.16. The molecule has 0 aliphatic carbocycles. The van der Waals surface area contributed by atoms with Gasteiger partial charge in [-0.15, -0.1) is 21.5 Å². The highest BCUT2D eigenvalue weighted by atomic mass is 32.1. The number of hydrogen-bond acceptors (Lipinski definition) is 6. The Labute approximate surface area is 153 Å². The lowest BCUT2D eigenvalue weighted by molar-refractivity contribution is 0.753. The van der Waals surface area contributed by atoms with E-state index >= 15 is 0 Å². The van der Waals surface area contributed by atoms with E-state index in [1.165, 1.54) is 10.3 Å². The summed E-state index contributed by atoms with van der Waals surface area (Å²) >= 11 is 1.64. The van der Waals surface area contributed by atoms with Crippen molar-refractivity contribution in [2.45, 2.75) is 12.8 Å². The molecular formula is C18H15N7S. The molecule has 4 aromatic heterocycles. The van der Waals surface area contributed by atoms with Crippen molar-refractivity contribution < 1.29 is 0 Å². The van der Waals surface area contributed by atoms with Gasteiger partial charge in [-0.1, -0.05) is 13.0 Å². The number of thiazole rings is 1. The van der Waals surface area contributed by atoms with Crippen LogP contribution in [-0.2, 0) is 7.05 Å². The molecule has 5 rings (SSSR count). The monoisotopic (exact) mass is 361 g/mol. The minimum Gasteiger partial charge on any atom is -0.275 e. The van der Waals surface area contributed by atoms with Gasteiger partial charge in [0.2, 0.25) is 0 Å². The fourth-order valence-corrected chi connectivity index (χ4v) is 3.80. The largest absolute Gasteiger partial charge is 0.275 e. The molecule has 0 saturated heterocycles. The van der Waals surface area contributed by atoms with Gasteiger partial charge in [0.1, 0.15) is 0 Å². The summed E-state index contributed by atoms with van der Waals surface area (Å²) in [5.41, 5.74) is 6.61. The standard InChI is InChI=1S/C18H15N7S/c1-11(12-3-4-15-16(7-12)26-10-19-15)18-22-21-17-6-5-14(23-25(17)18)13-8-20-24(2)9-13/h3-11H,1-2H3. The summed E-state index contributed by atoms with van der Waals surface area (Å²) in [5, 5.41) is 17.6. The van der Waals surface area contributed by atoms with Crippen molar-refractivity contribution in [2.24, 2.45) is 7.05 Å². The van der Waals surface area contributed by atoms with Crippen molar-refractivity contribution in [1.82, 2.24) is 34.6 Å². The third-order valence-corrected chi connectivity index (χ3v) is 5.32. The zero-order valence-corrected chi connectivity index (χ0v) is 15.1. The average Bonchev–Trinajstić information content (AvgIpc) is 3.38. The maximum atomic E-state index is 4.75. The maximum absolute atomic E-state index is 4.75. The molecule has 26 heavy (non-hydrogen) atoms. The zero-order chi connectivity index (χ0) is 17.7. The number of aryl methyl sites for hydroxylation is 1. The van der Waals surface area contributed by atoms with Gasteiger partial charge in [-0.2, -0.15) is 14.7 Å². The van der Waals surface area contributed by atoms with Crippen LogP contribution in [0.3, 0.4) is 0 Å². The second-order valence-electron chi connectivity index (χ2n) is 6.25. The number of benzene rings is 1. The van der Waals surface area contributed by atoms with Crippen molar-refractivity contribution in [3.05, 3.63) is 59.6 Å². The van der Waals surface area contributed by atoms with Crippen molar-refractivity contribution in [1.29, 1.82) is 0 Å². The van der Waals surface area contributed by atoms with Gasteiger partial charge in [0.25, 0.3) is 0 Å². The van der Waals surface area contributed by atoms with Crippen LogP contribution >= 0.6 is 11.3 Å². The van der Waals surface area contributed by atoms with Gasteiger partial charge in [-0.25, -0.2) is 4.98 Å². The van der Waals surface area contributed by atoms with Crippen LogP contribution < -0.4 is 0 Å². The van der Waals surface area contributed by atoms with E-state index < -0.39 is 0 Å². The number of aromatic nitrogens is 7. The zero-order valence-electron chi connectivity index (χ0n) is 14.2. The van der Waals surface area contributed by atoms with E-state index in [0.29, 0.717) is 0 Å². The van der Waals surface area contributed by atoms with Crippen molar-refractivity contribution in [3.63, 3.8) is 0 Å². The Hall–Kier alpha value is -3.13. The highest BCUT2D eigenvalue weighted by Crippen LogP contribution is 2.28. The van der Waals surface area contributed by atoms with E-state index in [4.69, 9.17) is 5.10 Å². The maximum Gasteiger partial charge on any atom is 0.177 e. The Morgan fingerprint density at radius 2 is 2.04 bits per heavy atom. The molecule has 8 heteroatoms. The fraction of sp³-hybridized carbons (Fsp3) is 0.167. The van der Waals surface area contributed by atoms with Gasteiger partial charge >= 0.3 is 0 Å². The molecule has 0 bridgehead atoms. The Balaban J connectivity index is 1.61. The van der Waals surface area contributed by atoms with Crippen molar-refractivity contribution in [3.8, 4) is 11.3 Å². The van der Waals surface area contributed by atoms with Crippen LogP contribution in [-0.4, -0.2) is 34.6 Å².